The molecule has 1 N–H and O–H groups in total. The van der Waals surface area contributed by atoms with Crippen LogP contribution in [0.2, 0.25) is 0 Å². The third-order valence-electron chi connectivity index (χ3n) is 4.16. The minimum atomic E-state index is -0.789. The number of esters is 1. The average molecular weight is 411 g/mol. The molecular formula is C22H21NO7. The summed E-state index contributed by atoms with van der Waals surface area (Å²) >= 11 is 0. The number of methoxy groups -OCH3 is 1. The summed E-state index contributed by atoms with van der Waals surface area (Å²) in [6, 6.07) is 12.7. The van der Waals surface area contributed by atoms with Gasteiger partial charge >= 0.3 is 11.6 Å². The highest BCUT2D eigenvalue weighted by molar-refractivity contribution is 5.97. The molecule has 0 saturated carbocycles. The largest absolute Gasteiger partial charge is 0.493 e. The predicted molar refractivity (Wildman–Crippen MR) is 109 cm³/mol. The van der Waals surface area contributed by atoms with Gasteiger partial charge in [0.15, 0.2) is 0 Å². The van der Waals surface area contributed by atoms with E-state index in [1.807, 2.05) is 6.92 Å². The summed E-state index contributed by atoms with van der Waals surface area (Å²) in [4.78, 5) is 36.9. The second kappa shape index (κ2) is 9.71. The smallest absolute Gasteiger partial charge is 0.349 e. The molecule has 0 bridgehead atoms. The molecule has 0 unspecified atom stereocenters. The van der Waals surface area contributed by atoms with Gasteiger partial charge in [0.05, 0.1) is 13.2 Å². The van der Waals surface area contributed by atoms with Crippen LogP contribution in [0.4, 0.5) is 0 Å². The number of fused-ring (bicyclic) bond motifs is 1. The molecule has 1 heterocycles. The van der Waals surface area contributed by atoms with Crippen LogP contribution in [0.3, 0.4) is 0 Å². The zero-order valence-electron chi connectivity index (χ0n) is 16.6. The van der Waals surface area contributed by atoms with E-state index in [1.165, 1.54) is 19.2 Å². The van der Waals surface area contributed by atoms with Crippen molar-refractivity contribution in [1.82, 2.24) is 5.32 Å². The lowest BCUT2D eigenvalue weighted by Crippen LogP contribution is -2.30. The molecule has 0 aliphatic rings. The molecule has 1 aromatic heterocycles. The quantitative estimate of drug-likeness (QED) is 0.263. The Bertz CT molecular complexity index is 1120. The molecule has 30 heavy (non-hydrogen) atoms. The van der Waals surface area contributed by atoms with Crippen LogP contribution < -0.4 is 20.4 Å². The lowest BCUT2D eigenvalue weighted by atomic mass is 10.1. The highest BCUT2D eigenvalue weighted by atomic mass is 16.5. The van der Waals surface area contributed by atoms with Crippen LogP contribution in [-0.4, -0.2) is 38.7 Å². The van der Waals surface area contributed by atoms with E-state index >= 15 is 0 Å². The SMILES string of the molecule is CCOc1ccccc1C(=O)Oc1ccc2cc(C(=O)NCCOC)c(=O)oc2c1. The van der Waals surface area contributed by atoms with Crippen LogP contribution in [0.5, 0.6) is 11.5 Å². The van der Waals surface area contributed by atoms with Crippen molar-refractivity contribution < 1.29 is 28.2 Å². The topological polar surface area (TPSA) is 104 Å². The van der Waals surface area contributed by atoms with E-state index in [-0.39, 0.29) is 29.0 Å². The minimum Gasteiger partial charge on any atom is -0.493 e. The maximum absolute atomic E-state index is 12.5. The second-order valence-electron chi connectivity index (χ2n) is 6.21. The van der Waals surface area contributed by atoms with Gasteiger partial charge in [-0.05, 0) is 37.3 Å². The van der Waals surface area contributed by atoms with E-state index < -0.39 is 17.5 Å². The number of hydrogen-bond acceptors (Lipinski definition) is 7. The van der Waals surface area contributed by atoms with Crippen LogP contribution >= 0.6 is 0 Å². The van der Waals surface area contributed by atoms with E-state index in [0.29, 0.717) is 24.3 Å². The summed E-state index contributed by atoms with van der Waals surface area (Å²) < 4.78 is 21.0. The molecular weight excluding hydrogens is 390 g/mol. The highest BCUT2D eigenvalue weighted by Gasteiger charge is 2.17. The molecule has 156 valence electrons. The number of hydrogen-bond donors (Lipinski definition) is 1. The maximum atomic E-state index is 12.5. The first-order chi connectivity index (χ1) is 14.5. The van der Waals surface area contributed by atoms with Gasteiger partial charge in [-0.25, -0.2) is 9.59 Å². The number of carbonyl (C=O) groups is 2. The molecule has 8 nitrogen and oxygen atoms in total. The third kappa shape index (κ3) is 4.84. The average Bonchev–Trinajstić information content (AvgIpc) is 2.74. The van der Waals surface area contributed by atoms with Gasteiger partial charge in [0.25, 0.3) is 5.91 Å². The molecule has 1 amide bonds. The van der Waals surface area contributed by atoms with Crippen molar-refractivity contribution in [2.24, 2.45) is 0 Å². The Labute approximate surface area is 172 Å². The van der Waals surface area contributed by atoms with Crippen LogP contribution in [0, 0.1) is 0 Å². The minimum absolute atomic E-state index is 0.117. The number of rotatable bonds is 8. The first kappa shape index (κ1) is 21.1. The van der Waals surface area contributed by atoms with Gasteiger partial charge in [0.1, 0.15) is 28.2 Å². The summed E-state index contributed by atoms with van der Waals surface area (Å²) in [5, 5.41) is 3.09. The van der Waals surface area contributed by atoms with Crippen molar-refractivity contribution in [1.29, 1.82) is 0 Å². The number of amides is 1. The second-order valence-corrected chi connectivity index (χ2v) is 6.21. The normalized spacial score (nSPS) is 10.6. The Hall–Kier alpha value is -3.65. The van der Waals surface area contributed by atoms with E-state index in [0.717, 1.165) is 0 Å². The van der Waals surface area contributed by atoms with Crippen molar-refractivity contribution in [3.8, 4) is 11.5 Å². The molecule has 3 aromatic rings. The van der Waals surface area contributed by atoms with Gasteiger partial charge in [-0.2, -0.15) is 0 Å². The third-order valence-corrected chi connectivity index (χ3v) is 4.16. The zero-order valence-corrected chi connectivity index (χ0v) is 16.6. The predicted octanol–water partition coefficient (Wildman–Crippen LogP) is 2.79. The Morgan fingerprint density at radius 1 is 1.07 bits per heavy atom. The Morgan fingerprint density at radius 3 is 2.63 bits per heavy atom. The summed E-state index contributed by atoms with van der Waals surface area (Å²) in [6.07, 6.45) is 0. The molecule has 0 aliphatic heterocycles. The van der Waals surface area contributed by atoms with E-state index in [4.69, 9.17) is 18.6 Å². The first-order valence-electron chi connectivity index (χ1n) is 9.32. The number of para-hydroxylation sites is 1. The fourth-order valence-electron chi connectivity index (χ4n) is 2.75. The van der Waals surface area contributed by atoms with E-state index in [2.05, 4.69) is 5.32 Å². The van der Waals surface area contributed by atoms with Crippen molar-refractivity contribution in [2.75, 3.05) is 26.9 Å². The van der Waals surface area contributed by atoms with Gasteiger partial charge in [-0.1, -0.05) is 12.1 Å². The Morgan fingerprint density at radius 2 is 1.87 bits per heavy atom. The molecule has 0 spiro atoms. The lowest BCUT2D eigenvalue weighted by molar-refractivity contribution is 0.0730. The van der Waals surface area contributed by atoms with Crippen LogP contribution in [0.15, 0.2) is 57.7 Å². The number of benzene rings is 2. The monoisotopic (exact) mass is 411 g/mol. The molecule has 0 atom stereocenters. The Balaban J connectivity index is 1.82. The van der Waals surface area contributed by atoms with Crippen molar-refractivity contribution in [2.45, 2.75) is 6.92 Å². The van der Waals surface area contributed by atoms with Gasteiger partial charge in [0.2, 0.25) is 0 Å². The highest BCUT2D eigenvalue weighted by Crippen LogP contribution is 2.24. The number of ether oxygens (including phenoxy) is 3. The zero-order chi connectivity index (χ0) is 21.5. The molecule has 0 aliphatic carbocycles. The first-order valence-corrected chi connectivity index (χ1v) is 9.32. The van der Waals surface area contributed by atoms with E-state index in [9.17, 15) is 14.4 Å². The number of nitrogens with one attached hydrogen (secondary N) is 1. The molecule has 0 fully saturated rings. The van der Waals surface area contributed by atoms with Gasteiger partial charge in [0, 0.05) is 25.1 Å². The van der Waals surface area contributed by atoms with Gasteiger partial charge < -0.3 is 23.9 Å². The van der Waals surface area contributed by atoms with Crippen LogP contribution in [0.25, 0.3) is 11.0 Å². The van der Waals surface area contributed by atoms with Gasteiger partial charge in [-0.3, -0.25) is 4.79 Å². The fourth-order valence-corrected chi connectivity index (χ4v) is 2.75. The Kier molecular flexibility index (Phi) is 6.82. The van der Waals surface area contributed by atoms with E-state index in [1.54, 1.807) is 36.4 Å². The molecule has 3 rings (SSSR count). The number of carbonyl (C=O) groups excluding carboxylic acids is 2. The molecule has 8 heteroatoms. The molecule has 0 saturated heterocycles. The lowest BCUT2D eigenvalue weighted by Gasteiger charge is -2.10. The summed E-state index contributed by atoms with van der Waals surface area (Å²) in [5.41, 5.74) is -0.433. The van der Waals surface area contributed by atoms with Crippen molar-refractivity contribution in [3.63, 3.8) is 0 Å². The summed E-state index contributed by atoms with van der Waals surface area (Å²) in [5.74, 6) is -0.540. The summed E-state index contributed by atoms with van der Waals surface area (Å²) in [7, 11) is 1.51. The van der Waals surface area contributed by atoms with Gasteiger partial charge in [-0.15, -0.1) is 0 Å². The fraction of sp³-hybridized carbons (Fsp3) is 0.227. The maximum Gasteiger partial charge on any atom is 0.349 e. The standard InChI is InChI=1S/C22H21NO7/c1-3-28-18-7-5-4-6-16(18)21(25)29-15-9-8-14-12-17(20(24)23-10-11-27-2)22(26)30-19(14)13-15/h4-9,12-13H,3,10-11H2,1-2H3,(H,23,24). The molecule has 2 aromatic carbocycles. The van der Waals surface area contributed by atoms with Crippen LogP contribution in [0.1, 0.15) is 27.6 Å². The summed E-state index contributed by atoms with van der Waals surface area (Å²) in [6.45, 7) is 2.82. The molecule has 0 radical (unpaired) electrons. The van der Waals surface area contributed by atoms with Crippen molar-refractivity contribution in [3.05, 3.63) is 70.1 Å². The van der Waals surface area contributed by atoms with Crippen molar-refractivity contribution >= 4 is 22.8 Å². The van der Waals surface area contributed by atoms with Crippen LogP contribution in [-0.2, 0) is 4.74 Å².